The second-order valence-corrected chi connectivity index (χ2v) is 6.52. The van der Waals surface area contributed by atoms with E-state index in [2.05, 4.69) is 78.1 Å². The van der Waals surface area contributed by atoms with E-state index in [1.807, 2.05) is 11.7 Å². The minimum atomic E-state index is 0.824. The summed E-state index contributed by atoms with van der Waals surface area (Å²) in [6.45, 7) is 2.97. The molecule has 3 nitrogen and oxygen atoms in total. The van der Waals surface area contributed by atoms with E-state index in [9.17, 15) is 0 Å². The zero-order valence-electron chi connectivity index (χ0n) is 15.2. The Hall–Kier alpha value is -2.55. The van der Waals surface area contributed by atoms with Gasteiger partial charge in [0.1, 0.15) is 0 Å². The predicted octanol–water partition coefficient (Wildman–Crippen LogP) is 4.77. The van der Waals surface area contributed by atoms with E-state index < -0.39 is 0 Å². The van der Waals surface area contributed by atoms with Crippen molar-refractivity contribution < 1.29 is 0 Å². The molecular formula is C22H27N3. The van der Waals surface area contributed by atoms with Crippen LogP contribution in [0.5, 0.6) is 0 Å². The first-order chi connectivity index (χ1) is 12.2. The predicted molar refractivity (Wildman–Crippen MR) is 105 cm³/mol. The van der Waals surface area contributed by atoms with Crippen LogP contribution in [-0.4, -0.2) is 9.78 Å². The van der Waals surface area contributed by atoms with Gasteiger partial charge in [0.15, 0.2) is 0 Å². The van der Waals surface area contributed by atoms with Crippen molar-refractivity contribution in [1.82, 2.24) is 9.78 Å². The second-order valence-electron chi connectivity index (χ2n) is 6.52. The highest BCUT2D eigenvalue weighted by molar-refractivity contribution is 5.45. The number of rotatable bonds is 8. The van der Waals surface area contributed by atoms with E-state index in [1.165, 1.54) is 28.8 Å². The van der Waals surface area contributed by atoms with Gasteiger partial charge < -0.3 is 5.32 Å². The molecule has 25 heavy (non-hydrogen) atoms. The number of aromatic nitrogens is 2. The average molecular weight is 333 g/mol. The highest BCUT2D eigenvalue weighted by Gasteiger charge is 2.05. The summed E-state index contributed by atoms with van der Waals surface area (Å²) in [5.74, 6) is 0. The van der Waals surface area contributed by atoms with Crippen molar-refractivity contribution in [3.8, 4) is 0 Å². The average Bonchev–Trinajstić information content (AvgIpc) is 3.02. The highest BCUT2D eigenvalue weighted by atomic mass is 15.3. The lowest BCUT2D eigenvalue weighted by Gasteiger charge is -2.08. The first kappa shape index (κ1) is 17.3. The summed E-state index contributed by atoms with van der Waals surface area (Å²) in [6.07, 6.45) is 6.52. The first-order valence-corrected chi connectivity index (χ1v) is 9.12. The molecule has 0 saturated carbocycles. The maximum atomic E-state index is 4.49. The third-order valence-corrected chi connectivity index (χ3v) is 4.54. The number of hydrogen-bond donors (Lipinski definition) is 1. The van der Waals surface area contributed by atoms with Gasteiger partial charge in [-0.05, 0) is 48.9 Å². The summed E-state index contributed by atoms with van der Waals surface area (Å²) in [5, 5.41) is 8.00. The Balaban J connectivity index is 1.48. The van der Waals surface area contributed by atoms with Gasteiger partial charge >= 0.3 is 0 Å². The van der Waals surface area contributed by atoms with Crippen LogP contribution >= 0.6 is 0 Å². The van der Waals surface area contributed by atoms with Crippen molar-refractivity contribution in [3.63, 3.8) is 0 Å². The fraction of sp³-hybridized carbons (Fsp3) is 0.318. The molecule has 0 fully saturated rings. The number of aryl methyl sites for hydroxylation is 4. The Kier molecular flexibility index (Phi) is 5.89. The quantitative estimate of drug-likeness (QED) is 0.643. The smallest absolute Gasteiger partial charge is 0.0671 e. The monoisotopic (exact) mass is 333 g/mol. The standard InChI is InChI=1S/C22H27N3/c1-3-22-20(17-25(2)24-22)16-23-21-14-12-19(13-15-21)11-7-10-18-8-5-4-6-9-18/h4-6,8-9,12-15,17,23H,3,7,10-11,16H2,1-2H3. The van der Waals surface area contributed by atoms with Crippen LogP contribution in [-0.2, 0) is 32.9 Å². The Morgan fingerprint density at radius 2 is 1.60 bits per heavy atom. The van der Waals surface area contributed by atoms with Crippen LogP contribution in [0.15, 0.2) is 60.8 Å². The van der Waals surface area contributed by atoms with Crippen LogP contribution in [0.1, 0.15) is 35.7 Å². The van der Waals surface area contributed by atoms with Gasteiger partial charge in [-0.3, -0.25) is 4.68 Å². The Morgan fingerprint density at radius 1 is 0.920 bits per heavy atom. The van der Waals surface area contributed by atoms with Crippen molar-refractivity contribution in [1.29, 1.82) is 0 Å². The summed E-state index contributed by atoms with van der Waals surface area (Å²) >= 11 is 0. The molecule has 1 heterocycles. The van der Waals surface area contributed by atoms with Crippen molar-refractivity contribution >= 4 is 5.69 Å². The van der Waals surface area contributed by atoms with Crippen LogP contribution < -0.4 is 5.32 Å². The molecule has 3 rings (SSSR count). The molecule has 0 atom stereocenters. The molecule has 0 radical (unpaired) electrons. The molecule has 0 bridgehead atoms. The summed E-state index contributed by atoms with van der Waals surface area (Å²) < 4.78 is 1.89. The van der Waals surface area contributed by atoms with Crippen molar-refractivity contribution in [2.75, 3.05) is 5.32 Å². The highest BCUT2D eigenvalue weighted by Crippen LogP contribution is 2.15. The normalized spacial score (nSPS) is 10.8. The summed E-state index contributed by atoms with van der Waals surface area (Å²) in [4.78, 5) is 0. The maximum Gasteiger partial charge on any atom is 0.0671 e. The lowest BCUT2D eigenvalue weighted by molar-refractivity contribution is 0.746. The van der Waals surface area contributed by atoms with Crippen LogP contribution in [0, 0.1) is 0 Å². The zero-order valence-corrected chi connectivity index (χ0v) is 15.2. The van der Waals surface area contributed by atoms with Crippen molar-refractivity contribution in [3.05, 3.63) is 83.2 Å². The number of hydrogen-bond acceptors (Lipinski definition) is 2. The molecule has 0 aliphatic rings. The van der Waals surface area contributed by atoms with Crippen molar-refractivity contribution in [2.24, 2.45) is 7.05 Å². The third kappa shape index (κ3) is 4.96. The number of benzene rings is 2. The maximum absolute atomic E-state index is 4.49. The van der Waals surface area contributed by atoms with Gasteiger partial charge in [-0.1, -0.05) is 49.4 Å². The molecule has 0 aliphatic carbocycles. The van der Waals surface area contributed by atoms with Crippen molar-refractivity contribution in [2.45, 2.75) is 39.2 Å². The van der Waals surface area contributed by atoms with E-state index in [-0.39, 0.29) is 0 Å². The molecule has 0 spiro atoms. The largest absolute Gasteiger partial charge is 0.381 e. The van der Waals surface area contributed by atoms with E-state index in [4.69, 9.17) is 0 Å². The Bertz CT molecular complexity index is 773. The molecule has 0 aliphatic heterocycles. The fourth-order valence-electron chi connectivity index (χ4n) is 3.16. The van der Waals surface area contributed by atoms with E-state index in [0.717, 1.165) is 31.5 Å². The molecule has 1 N–H and O–H groups in total. The molecule has 0 unspecified atom stereocenters. The summed E-state index contributed by atoms with van der Waals surface area (Å²) in [5.41, 5.74) is 6.43. The van der Waals surface area contributed by atoms with E-state index in [1.54, 1.807) is 0 Å². The van der Waals surface area contributed by atoms with Crippen LogP contribution in [0.3, 0.4) is 0 Å². The van der Waals surface area contributed by atoms with Gasteiger partial charge in [0.05, 0.1) is 5.69 Å². The van der Waals surface area contributed by atoms with Gasteiger partial charge in [0.2, 0.25) is 0 Å². The minimum Gasteiger partial charge on any atom is -0.381 e. The summed E-state index contributed by atoms with van der Waals surface area (Å²) in [6, 6.07) is 19.5. The molecule has 1 aromatic heterocycles. The number of nitrogens with zero attached hydrogens (tertiary/aromatic N) is 2. The molecular weight excluding hydrogens is 306 g/mol. The van der Waals surface area contributed by atoms with Gasteiger partial charge in [0, 0.05) is 31.0 Å². The fourth-order valence-corrected chi connectivity index (χ4v) is 3.16. The third-order valence-electron chi connectivity index (χ3n) is 4.54. The molecule has 0 amide bonds. The van der Waals surface area contributed by atoms with E-state index >= 15 is 0 Å². The summed E-state index contributed by atoms with van der Waals surface area (Å²) in [7, 11) is 1.98. The molecule has 0 saturated heterocycles. The second kappa shape index (κ2) is 8.52. The van der Waals surface area contributed by atoms with Gasteiger partial charge in [-0.15, -0.1) is 0 Å². The van der Waals surface area contributed by atoms with Crippen LogP contribution in [0.25, 0.3) is 0 Å². The lowest BCUT2D eigenvalue weighted by atomic mass is 10.0. The Morgan fingerprint density at radius 3 is 2.28 bits per heavy atom. The molecule has 3 aromatic rings. The zero-order chi connectivity index (χ0) is 17.5. The van der Waals surface area contributed by atoms with Gasteiger partial charge in [-0.25, -0.2) is 0 Å². The van der Waals surface area contributed by atoms with Crippen LogP contribution in [0.2, 0.25) is 0 Å². The molecule has 2 aromatic carbocycles. The molecule has 3 heteroatoms. The first-order valence-electron chi connectivity index (χ1n) is 9.12. The number of anilines is 1. The van der Waals surface area contributed by atoms with Gasteiger partial charge in [-0.2, -0.15) is 5.10 Å². The Labute approximate surface area is 150 Å². The van der Waals surface area contributed by atoms with Crippen LogP contribution in [0.4, 0.5) is 5.69 Å². The van der Waals surface area contributed by atoms with Gasteiger partial charge in [0.25, 0.3) is 0 Å². The SMILES string of the molecule is CCc1nn(C)cc1CNc1ccc(CCCc2ccccc2)cc1. The minimum absolute atomic E-state index is 0.824. The number of nitrogens with one attached hydrogen (secondary N) is 1. The lowest BCUT2D eigenvalue weighted by Crippen LogP contribution is -2.01. The topological polar surface area (TPSA) is 29.9 Å². The van der Waals surface area contributed by atoms with E-state index in [0.29, 0.717) is 0 Å². The molecule has 130 valence electrons.